The molecular formula is C30H30ClN3O3. The van der Waals surface area contributed by atoms with Crippen molar-refractivity contribution in [2.45, 2.75) is 44.8 Å². The summed E-state index contributed by atoms with van der Waals surface area (Å²) in [6.45, 7) is 4.45. The molecule has 3 aromatic carbocycles. The Hall–Kier alpha value is -3.48. The highest BCUT2D eigenvalue weighted by Gasteiger charge is 2.47. The summed E-state index contributed by atoms with van der Waals surface area (Å²) in [7, 11) is 0. The second kappa shape index (κ2) is 10.9. The second-order valence-electron chi connectivity index (χ2n) is 9.84. The van der Waals surface area contributed by atoms with Crippen LogP contribution in [0.5, 0.6) is 0 Å². The summed E-state index contributed by atoms with van der Waals surface area (Å²) >= 11 is 6.01. The maximum absolute atomic E-state index is 13.9. The van der Waals surface area contributed by atoms with Gasteiger partial charge in [0.25, 0.3) is 11.8 Å². The Balaban J connectivity index is 1.39. The van der Waals surface area contributed by atoms with Crippen molar-refractivity contribution in [1.29, 1.82) is 0 Å². The first-order valence-corrected chi connectivity index (χ1v) is 13.1. The van der Waals surface area contributed by atoms with E-state index in [1.54, 1.807) is 41.3 Å². The van der Waals surface area contributed by atoms with Crippen molar-refractivity contribution >= 4 is 35.0 Å². The highest BCUT2D eigenvalue weighted by atomic mass is 35.5. The van der Waals surface area contributed by atoms with Crippen LogP contribution in [0.2, 0.25) is 5.02 Å². The Bertz CT molecular complexity index is 1270. The Morgan fingerprint density at radius 2 is 1.57 bits per heavy atom. The lowest BCUT2D eigenvalue weighted by molar-refractivity contribution is -0.123. The molecule has 2 saturated heterocycles. The molecule has 5 rings (SSSR count). The summed E-state index contributed by atoms with van der Waals surface area (Å²) in [5.41, 5.74) is 3.31. The van der Waals surface area contributed by atoms with E-state index in [2.05, 4.69) is 17.0 Å². The number of rotatable bonds is 6. The molecule has 1 atom stereocenters. The molecule has 0 spiro atoms. The Labute approximate surface area is 222 Å². The van der Waals surface area contributed by atoms with Gasteiger partial charge in [0, 0.05) is 36.3 Å². The predicted molar refractivity (Wildman–Crippen MR) is 144 cm³/mol. The van der Waals surface area contributed by atoms with Gasteiger partial charge in [0.15, 0.2) is 0 Å². The van der Waals surface area contributed by atoms with Gasteiger partial charge in [-0.1, -0.05) is 59.6 Å². The normalized spacial score (nSPS) is 18.9. The maximum atomic E-state index is 13.9. The average molecular weight is 516 g/mol. The smallest absolute Gasteiger partial charge is 0.257 e. The molecule has 2 fully saturated rings. The molecule has 2 aliphatic rings. The summed E-state index contributed by atoms with van der Waals surface area (Å²) < 4.78 is 0. The van der Waals surface area contributed by atoms with E-state index >= 15 is 0 Å². The van der Waals surface area contributed by atoms with E-state index < -0.39 is 6.04 Å². The van der Waals surface area contributed by atoms with Crippen LogP contribution in [0, 0.1) is 6.92 Å². The van der Waals surface area contributed by atoms with Crippen molar-refractivity contribution in [3.8, 4) is 0 Å². The van der Waals surface area contributed by atoms with Crippen molar-refractivity contribution in [1.82, 2.24) is 9.80 Å². The zero-order valence-corrected chi connectivity index (χ0v) is 21.6. The molecule has 0 bridgehead atoms. The molecule has 2 aliphatic heterocycles. The third-order valence-electron chi connectivity index (χ3n) is 7.28. The number of halogens is 1. The van der Waals surface area contributed by atoms with E-state index in [1.807, 2.05) is 37.3 Å². The predicted octanol–water partition coefficient (Wildman–Crippen LogP) is 5.09. The van der Waals surface area contributed by atoms with Crippen LogP contribution in [0.3, 0.4) is 0 Å². The standard InChI is InChI=1S/C30H30ClN3O3/c1-21-7-9-23(10-8-21)29(36)33(26-15-17-32(18-16-26)20-22-5-3-2-4-6-22)27-19-28(35)34(30(27)37)25-13-11-24(31)12-14-25/h2-14,26-27H,15-20H2,1H3. The molecule has 2 heterocycles. The number of amides is 3. The summed E-state index contributed by atoms with van der Waals surface area (Å²) in [4.78, 5) is 45.8. The van der Waals surface area contributed by atoms with E-state index in [1.165, 1.54) is 10.5 Å². The van der Waals surface area contributed by atoms with Gasteiger partial charge in [0.2, 0.25) is 5.91 Å². The van der Waals surface area contributed by atoms with Crippen LogP contribution in [0.4, 0.5) is 5.69 Å². The van der Waals surface area contributed by atoms with Crippen LogP contribution in [-0.4, -0.2) is 52.7 Å². The van der Waals surface area contributed by atoms with Crippen LogP contribution in [0.1, 0.15) is 40.7 Å². The Morgan fingerprint density at radius 1 is 0.919 bits per heavy atom. The summed E-state index contributed by atoms with van der Waals surface area (Å²) in [6, 6.07) is 23.4. The second-order valence-corrected chi connectivity index (χ2v) is 10.3. The molecule has 7 heteroatoms. The topological polar surface area (TPSA) is 60.9 Å². The number of hydrogen-bond acceptors (Lipinski definition) is 4. The first kappa shape index (κ1) is 25.2. The number of likely N-dealkylation sites (tertiary alicyclic amines) is 1. The molecule has 0 saturated carbocycles. The Kier molecular flexibility index (Phi) is 7.40. The third-order valence-corrected chi connectivity index (χ3v) is 7.53. The van der Waals surface area contributed by atoms with Gasteiger partial charge < -0.3 is 4.90 Å². The number of hydrogen-bond donors (Lipinski definition) is 0. The van der Waals surface area contributed by atoms with Crippen molar-refractivity contribution in [3.05, 3.63) is 101 Å². The number of aryl methyl sites for hydroxylation is 1. The molecule has 0 aromatic heterocycles. The largest absolute Gasteiger partial charge is 0.323 e. The van der Waals surface area contributed by atoms with Crippen LogP contribution in [-0.2, 0) is 16.1 Å². The molecule has 0 aliphatic carbocycles. The highest BCUT2D eigenvalue weighted by molar-refractivity contribution is 6.31. The van der Waals surface area contributed by atoms with Crippen molar-refractivity contribution < 1.29 is 14.4 Å². The lowest BCUT2D eigenvalue weighted by Gasteiger charge is -2.40. The fraction of sp³-hybridized carbons (Fsp3) is 0.300. The zero-order valence-electron chi connectivity index (χ0n) is 20.8. The molecule has 190 valence electrons. The lowest BCUT2D eigenvalue weighted by atomic mass is 9.98. The van der Waals surface area contributed by atoms with E-state index in [9.17, 15) is 14.4 Å². The number of benzene rings is 3. The van der Waals surface area contributed by atoms with Gasteiger partial charge in [0.05, 0.1) is 12.1 Å². The van der Waals surface area contributed by atoms with Crippen LogP contribution < -0.4 is 4.90 Å². The molecule has 0 radical (unpaired) electrons. The zero-order chi connectivity index (χ0) is 25.9. The van der Waals surface area contributed by atoms with Crippen LogP contribution in [0.15, 0.2) is 78.9 Å². The first-order valence-electron chi connectivity index (χ1n) is 12.7. The van der Waals surface area contributed by atoms with Gasteiger partial charge in [-0.25, -0.2) is 4.90 Å². The number of piperidine rings is 1. The molecule has 1 unspecified atom stereocenters. The average Bonchev–Trinajstić information content (AvgIpc) is 3.20. The lowest BCUT2D eigenvalue weighted by Crippen LogP contribution is -2.54. The minimum atomic E-state index is -0.831. The third kappa shape index (κ3) is 5.45. The fourth-order valence-corrected chi connectivity index (χ4v) is 5.42. The number of imide groups is 1. The minimum Gasteiger partial charge on any atom is -0.323 e. The number of nitrogens with zero attached hydrogens (tertiary/aromatic N) is 3. The molecular weight excluding hydrogens is 486 g/mol. The fourth-order valence-electron chi connectivity index (χ4n) is 5.30. The quantitative estimate of drug-likeness (QED) is 0.429. The van der Waals surface area contributed by atoms with Gasteiger partial charge in [-0.3, -0.25) is 19.3 Å². The van der Waals surface area contributed by atoms with E-state index in [-0.39, 0.29) is 30.2 Å². The minimum absolute atomic E-state index is 0.0245. The molecule has 3 aromatic rings. The number of carbonyl (C=O) groups excluding carboxylic acids is 3. The molecule has 6 nitrogen and oxygen atoms in total. The maximum Gasteiger partial charge on any atom is 0.257 e. The first-order chi connectivity index (χ1) is 17.9. The van der Waals surface area contributed by atoms with E-state index in [0.29, 0.717) is 16.3 Å². The van der Waals surface area contributed by atoms with Gasteiger partial charge in [-0.05, 0) is 61.7 Å². The highest BCUT2D eigenvalue weighted by Crippen LogP contribution is 2.31. The Morgan fingerprint density at radius 3 is 2.22 bits per heavy atom. The van der Waals surface area contributed by atoms with Crippen LogP contribution >= 0.6 is 11.6 Å². The molecule has 0 N–H and O–H groups in total. The molecule has 3 amide bonds. The monoisotopic (exact) mass is 515 g/mol. The van der Waals surface area contributed by atoms with Crippen molar-refractivity contribution in [3.63, 3.8) is 0 Å². The SMILES string of the molecule is Cc1ccc(C(=O)N(C2CCN(Cc3ccccc3)CC2)C2CC(=O)N(c3ccc(Cl)cc3)C2=O)cc1. The number of carbonyl (C=O) groups is 3. The summed E-state index contributed by atoms with van der Waals surface area (Å²) in [6.07, 6.45) is 1.45. The van der Waals surface area contributed by atoms with Gasteiger partial charge in [0.1, 0.15) is 6.04 Å². The van der Waals surface area contributed by atoms with E-state index in [4.69, 9.17) is 11.6 Å². The van der Waals surface area contributed by atoms with Crippen molar-refractivity contribution in [2.24, 2.45) is 0 Å². The summed E-state index contributed by atoms with van der Waals surface area (Å²) in [5, 5.41) is 0.526. The van der Waals surface area contributed by atoms with Gasteiger partial charge in [-0.15, -0.1) is 0 Å². The van der Waals surface area contributed by atoms with Gasteiger partial charge >= 0.3 is 0 Å². The summed E-state index contributed by atoms with van der Waals surface area (Å²) in [5.74, 6) is -0.870. The molecule has 37 heavy (non-hydrogen) atoms. The van der Waals surface area contributed by atoms with Crippen LogP contribution in [0.25, 0.3) is 0 Å². The number of anilines is 1. The van der Waals surface area contributed by atoms with E-state index in [0.717, 1.165) is 38.0 Å². The van der Waals surface area contributed by atoms with Crippen molar-refractivity contribution in [2.75, 3.05) is 18.0 Å². The van der Waals surface area contributed by atoms with Gasteiger partial charge in [-0.2, -0.15) is 0 Å².